The average Bonchev–Trinajstić information content (AvgIpc) is 3.25. The number of hydrogen-bond donors (Lipinski definition) is 1. The summed E-state index contributed by atoms with van der Waals surface area (Å²) in [5.74, 6) is 0.671. The van der Waals surface area contributed by atoms with Crippen LogP contribution >= 0.6 is 0 Å². The van der Waals surface area contributed by atoms with E-state index in [9.17, 15) is 10.1 Å². The lowest BCUT2D eigenvalue weighted by atomic mass is 10.0. The Hall–Kier alpha value is -3.52. The zero-order valence-electron chi connectivity index (χ0n) is 13.5. The van der Waals surface area contributed by atoms with Gasteiger partial charge in [-0.1, -0.05) is 30.3 Å². The minimum atomic E-state index is -0.810. The standard InChI is InChI=1S/C21H13NO4/c22-10-11-5-8-16(14-4-2-1-3-13(11)14)25-12-6-7-15-17(9-12)26-20-18(15)19(20)21(23)24/h1-9,18-20H,(H,23,24)/t18?,19-,20?/m1/s1. The Morgan fingerprint density at radius 3 is 2.69 bits per heavy atom. The van der Waals surface area contributed by atoms with Crippen molar-refractivity contribution < 1.29 is 19.4 Å². The van der Waals surface area contributed by atoms with Crippen LogP contribution in [0.3, 0.4) is 0 Å². The highest BCUT2D eigenvalue weighted by atomic mass is 16.5. The van der Waals surface area contributed by atoms with Crippen LogP contribution in [0.2, 0.25) is 0 Å². The molecule has 126 valence electrons. The van der Waals surface area contributed by atoms with E-state index in [4.69, 9.17) is 14.6 Å². The Balaban J connectivity index is 1.48. The molecule has 1 fully saturated rings. The van der Waals surface area contributed by atoms with Crippen molar-refractivity contribution in [1.82, 2.24) is 0 Å². The second-order valence-electron chi connectivity index (χ2n) is 6.54. The van der Waals surface area contributed by atoms with Gasteiger partial charge in [0.2, 0.25) is 0 Å². The molecule has 1 aliphatic heterocycles. The highest BCUT2D eigenvalue weighted by Gasteiger charge is 2.63. The normalized spacial score (nSPS) is 22.0. The predicted molar refractivity (Wildman–Crippen MR) is 93.5 cm³/mol. The molecular formula is C21H13NO4. The van der Waals surface area contributed by atoms with Gasteiger partial charge in [-0.2, -0.15) is 5.26 Å². The largest absolute Gasteiger partial charge is 0.488 e. The number of nitriles is 1. The smallest absolute Gasteiger partial charge is 0.311 e. The molecule has 5 nitrogen and oxygen atoms in total. The van der Waals surface area contributed by atoms with Crippen LogP contribution < -0.4 is 9.47 Å². The van der Waals surface area contributed by atoms with E-state index in [1.54, 1.807) is 18.2 Å². The third-order valence-electron chi connectivity index (χ3n) is 5.08. The summed E-state index contributed by atoms with van der Waals surface area (Å²) in [6.45, 7) is 0. The van der Waals surface area contributed by atoms with E-state index in [0.717, 1.165) is 16.3 Å². The quantitative estimate of drug-likeness (QED) is 0.776. The number of aliphatic carboxylic acids is 1. The van der Waals surface area contributed by atoms with E-state index < -0.39 is 11.9 Å². The summed E-state index contributed by atoms with van der Waals surface area (Å²) < 4.78 is 11.8. The summed E-state index contributed by atoms with van der Waals surface area (Å²) >= 11 is 0. The molecule has 3 atom stereocenters. The Kier molecular flexibility index (Phi) is 2.98. The van der Waals surface area contributed by atoms with Crippen molar-refractivity contribution in [3.8, 4) is 23.3 Å². The Bertz CT molecular complexity index is 1110. The number of fused-ring (bicyclic) bond motifs is 4. The lowest BCUT2D eigenvalue weighted by molar-refractivity contribution is -0.139. The molecule has 0 radical (unpaired) electrons. The second-order valence-corrected chi connectivity index (χ2v) is 6.54. The van der Waals surface area contributed by atoms with Gasteiger partial charge in [0.15, 0.2) is 0 Å². The average molecular weight is 343 g/mol. The molecule has 0 spiro atoms. The number of benzene rings is 3. The molecule has 2 aliphatic rings. The molecule has 0 saturated heterocycles. The third-order valence-corrected chi connectivity index (χ3v) is 5.08. The topological polar surface area (TPSA) is 79.5 Å². The summed E-state index contributed by atoms with van der Waals surface area (Å²) in [7, 11) is 0. The van der Waals surface area contributed by atoms with Crippen LogP contribution in [-0.4, -0.2) is 17.2 Å². The van der Waals surface area contributed by atoms with Crippen molar-refractivity contribution in [2.75, 3.05) is 0 Å². The number of ether oxygens (including phenoxy) is 2. The van der Waals surface area contributed by atoms with E-state index >= 15 is 0 Å². The summed E-state index contributed by atoms with van der Waals surface area (Å²) in [4.78, 5) is 11.1. The molecule has 0 aromatic heterocycles. The van der Waals surface area contributed by atoms with Crippen molar-refractivity contribution >= 4 is 16.7 Å². The first-order valence-corrected chi connectivity index (χ1v) is 8.30. The van der Waals surface area contributed by atoms with Crippen molar-refractivity contribution in [2.24, 2.45) is 5.92 Å². The lowest BCUT2D eigenvalue weighted by Gasteiger charge is -2.12. The van der Waals surface area contributed by atoms with Crippen LogP contribution in [0.15, 0.2) is 54.6 Å². The number of rotatable bonds is 3. The summed E-state index contributed by atoms with van der Waals surface area (Å²) in [6, 6.07) is 18.8. The fourth-order valence-corrected chi connectivity index (χ4v) is 3.78. The molecule has 26 heavy (non-hydrogen) atoms. The fourth-order valence-electron chi connectivity index (χ4n) is 3.78. The molecule has 0 amide bonds. The number of carboxylic acids is 1. The SMILES string of the molecule is N#Cc1ccc(Oc2ccc3c(c2)OC2C3[C@H]2C(=O)O)c2ccccc12. The molecule has 1 aliphatic carbocycles. The number of hydrogen-bond acceptors (Lipinski definition) is 4. The molecule has 1 N–H and O–H groups in total. The molecule has 5 heteroatoms. The van der Waals surface area contributed by atoms with E-state index in [-0.39, 0.29) is 12.0 Å². The maximum absolute atomic E-state index is 11.1. The minimum Gasteiger partial charge on any atom is -0.488 e. The van der Waals surface area contributed by atoms with Crippen LogP contribution in [0, 0.1) is 17.2 Å². The predicted octanol–water partition coefficient (Wildman–Crippen LogP) is 4.06. The van der Waals surface area contributed by atoms with E-state index in [1.165, 1.54) is 0 Å². The van der Waals surface area contributed by atoms with Crippen molar-refractivity contribution in [2.45, 2.75) is 12.0 Å². The first-order chi connectivity index (χ1) is 12.7. The van der Waals surface area contributed by atoms with E-state index in [2.05, 4.69) is 6.07 Å². The molecule has 0 bridgehead atoms. The molecule has 1 saturated carbocycles. The van der Waals surface area contributed by atoms with Gasteiger partial charge in [-0.15, -0.1) is 0 Å². The van der Waals surface area contributed by atoms with E-state index in [1.807, 2.05) is 36.4 Å². The Morgan fingerprint density at radius 1 is 1.12 bits per heavy atom. The van der Waals surface area contributed by atoms with Crippen LogP contribution in [0.5, 0.6) is 17.2 Å². The highest BCUT2D eigenvalue weighted by Crippen LogP contribution is 2.58. The molecule has 3 aromatic rings. The number of nitrogens with zero attached hydrogens (tertiary/aromatic N) is 1. The summed E-state index contributed by atoms with van der Waals surface area (Å²) in [5.41, 5.74) is 1.53. The lowest BCUT2D eigenvalue weighted by Crippen LogP contribution is -2.08. The van der Waals surface area contributed by atoms with Crippen LogP contribution in [-0.2, 0) is 4.79 Å². The van der Waals surface area contributed by atoms with Gasteiger partial charge in [-0.3, -0.25) is 4.79 Å². The fraction of sp³-hybridized carbons (Fsp3) is 0.143. The third kappa shape index (κ3) is 2.06. The van der Waals surface area contributed by atoms with E-state index in [0.29, 0.717) is 22.8 Å². The van der Waals surface area contributed by atoms with Crippen LogP contribution in [0.25, 0.3) is 10.8 Å². The summed E-state index contributed by atoms with van der Waals surface area (Å²) in [6.07, 6.45) is -0.256. The number of carboxylic acid groups (broad SMARTS) is 1. The maximum atomic E-state index is 11.1. The molecule has 3 aromatic carbocycles. The maximum Gasteiger partial charge on any atom is 0.311 e. The minimum absolute atomic E-state index is 0.0488. The Labute approximate surface area is 149 Å². The van der Waals surface area contributed by atoms with Gasteiger partial charge in [-0.25, -0.2) is 0 Å². The first kappa shape index (κ1) is 14.8. The van der Waals surface area contributed by atoms with Crippen molar-refractivity contribution in [3.63, 3.8) is 0 Å². The van der Waals surface area contributed by atoms with Gasteiger partial charge in [0.25, 0.3) is 0 Å². The van der Waals surface area contributed by atoms with Gasteiger partial charge in [0, 0.05) is 28.3 Å². The molecule has 2 unspecified atom stereocenters. The van der Waals surface area contributed by atoms with Gasteiger partial charge < -0.3 is 14.6 Å². The monoisotopic (exact) mass is 343 g/mol. The number of carbonyl (C=O) groups is 1. The Morgan fingerprint density at radius 2 is 1.92 bits per heavy atom. The molecule has 5 rings (SSSR count). The molecule has 1 heterocycles. The highest BCUT2D eigenvalue weighted by molar-refractivity contribution is 5.93. The summed E-state index contributed by atoms with van der Waals surface area (Å²) in [5, 5.41) is 20.1. The second kappa shape index (κ2) is 5.24. The molecular weight excluding hydrogens is 330 g/mol. The van der Waals surface area contributed by atoms with Crippen molar-refractivity contribution in [3.05, 3.63) is 65.7 Å². The van der Waals surface area contributed by atoms with Gasteiger partial charge >= 0.3 is 5.97 Å². The van der Waals surface area contributed by atoms with Gasteiger partial charge in [-0.05, 0) is 18.2 Å². The zero-order chi connectivity index (χ0) is 17.8. The van der Waals surface area contributed by atoms with Crippen LogP contribution in [0.1, 0.15) is 17.0 Å². The van der Waals surface area contributed by atoms with Crippen molar-refractivity contribution in [1.29, 1.82) is 5.26 Å². The van der Waals surface area contributed by atoms with Gasteiger partial charge in [0.05, 0.1) is 11.6 Å². The first-order valence-electron chi connectivity index (χ1n) is 8.30. The van der Waals surface area contributed by atoms with Gasteiger partial charge in [0.1, 0.15) is 29.3 Å². The van der Waals surface area contributed by atoms with Crippen LogP contribution in [0.4, 0.5) is 0 Å². The zero-order valence-corrected chi connectivity index (χ0v) is 13.5.